The molecule has 1 aliphatic heterocycles. The highest BCUT2D eigenvalue weighted by atomic mass is 16.3. The molecule has 1 fully saturated rings. The molecule has 2 heterocycles. The first kappa shape index (κ1) is 10.7. The van der Waals surface area contributed by atoms with Crippen molar-refractivity contribution in [3.05, 3.63) is 20.8 Å². The first-order valence-electron chi connectivity index (χ1n) is 5.02. The lowest BCUT2D eigenvalue weighted by atomic mass is 10.3. The van der Waals surface area contributed by atoms with Crippen LogP contribution < -0.4 is 21.9 Å². The molecular formula is C9H14N4O3. The monoisotopic (exact) mass is 226 g/mol. The van der Waals surface area contributed by atoms with Gasteiger partial charge in [-0.25, -0.2) is 4.79 Å². The van der Waals surface area contributed by atoms with Crippen molar-refractivity contribution in [3.8, 4) is 0 Å². The average Bonchev–Trinajstić information content (AvgIpc) is 2.61. The summed E-state index contributed by atoms with van der Waals surface area (Å²) >= 11 is 0. The van der Waals surface area contributed by atoms with E-state index in [0.717, 1.165) is 0 Å². The Morgan fingerprint density at radius 1 is 1.50 bits per heavy atom. The molecule has 16 heavy (non-hydrogen) atoms. The van der Waals surface area contributed by atoms with Crippen LogP contribution in [0.25, 0.3) is 0 Å². The largest absolute Gasteiger partial charge is 0.391 e. The van der Waals surface area contributed by atoms with E-state index < -0.39 is 17.4 Å². The van der Waals surface area contributed by atoms with Gasteiger partial charge in [-0.05, 0) is 6.42 Å². The van der Waals surface area contributed by atoms with Gasteiger partial charge in [0.15, 0.2) is 0 Å². The minimum Gasteiger partial charge on any atom is -0.391 e. The Kier molecular flexibility index (Phi) is 2.47. The molecule has 1 aromatic heterocycles. The molecule has 2 rings (SSSR count). The number of aliphatic hydroxyl groups excluding tert-OH is 1. The second kappa shape index (κ2) is 3.67. The van der Waals surface area contributed by atoms with Crippen LogP contribution in [0, 0.1) is 0 Å². The number of nitrogens with two attached hydrogens (primary N) is 1. The number of aromatic amines is 1. The molecular weight excluding hydrogens is 212 g/mol. The maximum absolute atomic E-state index is 11.6. The summed E-state index contributed by atoms with van der Waals surface area (Å²) in [5, 5.41) is 9.40. The van der Waals surface area contributed by atoms with Crippen LogP contribution in [-0.2, 0) is 7.05 Å². The number of aromatic nitrogens is 2. The zero-order valence-electron chi connectivity index (χ0n) is 8.93. The highest BCUT2D eigenvalue weighted by Crippen LogP contribution is 2.20. The van der Waals surface area contributed by atoms with E-state index in [1.807, 2.05) is 0 Å². The van der Waals surface area contributed by atoms with Crippen molar-refractivity contribution in [1.29, 1.82) is 0 Å². The lowest BCUT2D eigenvalue weighted by Gasteiger charge is -2.19. The quantitative estimate of drug-likeness (QED) is 0.525. The number of hydrogen-bond acceptors (Lipinski definition) is 5. The number of β-amino-alcohol motifs (C(OH)–C–C–N with tert-alkyl or cyclic N) is 1. The minimum absolute atomic E-state index is 0.128. The molecule has 0 saturated carbocycles. The third-order valence-corrected chi connectivity index (χ3v) is 2.82. The molecule has 7 nitrogen and oxygen atoms in total. The van der Waals surface area contributed by atoms with Gasteiger partial charge in [-0.2, -0.15) is 0 Å². The highest BCUT2D eigenvalue weighted by molar-refractivity contribution is 5.62. The van der Waals surface area contributed by atoms with Gasteiger partial charge in [-0.1, -0.05) is 0 Å². The lowest BCUT2D eigenvalue weighted by molar-refractivity contribution is 0.198. The SMILES string of the molecule is Cn1c(N)c(N2CCC(O)C2)c(=O)[nH]c1=O. The van der Waals surface area contributed by atoms with Crippen molar-refractivity contribution >= 4 is 11.5 Å². The third kappa shape index (κ3) is 1.58. The Labute approximate surface area is 91.1 Å². The molecule has 4 N–H and O–H groups in total. The Morgan fingerprint density at radius 3 is 2.75 bits per heavy atom. The van der Waals surface area contributed by atoms with Gasteiger partial charge in [0.05, 0.1) is 6.10 Å². The third-order valence-electron chi connectivity index (χ3n) is 2.82. The van der Waals surface area contributed by atoms with Crippen molar-refractivity contribution in [1.82, 2.24) is 9.55 Å². The number of aliphatic hydroxyl groups is 1. The summed E-state index contributed by atoms with van der Waals surface area (Å²) in [4.78, 5) is 26.8. The predicted molar refractivity (Wildman–Crippen MR) is 59.6 cm³/mol. The van der Waals surface area contributed by atoms with Crippen LogP contribution in [0.3, 0.4) is 0 Å². The van der Waals surface area contributed by atoms with Crippen LogP contribution in [0.1, 0.15) is 6.42 Å². The number of anilines is 2. The molecule has 7 heteroatoms. The topological polar surface area (TPSA) is 104 Å². The van der Waals surface area contributed by atoms with Crippen molar-refractivity contribution in [2.75, 3.05) is 23.7 Å². The van der Waals surface area contributed by atoms with Gasteiger partial charge in [0.2, 0.25) is 0 Å². The average molecular weight is 226 g/mol. The summed E-state index contributed by atoms with van der Waals surface area (Å²) in [5.41, 5.74) is 4.95. The number of hydrogen-bond donors (Lipinski definition) is 3. The van der Waals surface area contributed by atoms with Gasteiger partial charge in [-0.3, -0.25) is 14.3 Å². The molecule has 0 bridgehead atoms. The molecule has 88 valence electrons. The molecule has 1 atom stereocenters. The van der Waals surface area contributed by atoms with Gasteiger partial charge in [0.25, 0.3) is 5.56 Å². The lowest BCUT2D eigenvalue weighted by Crippen LogP contribution is -2.36. The van der Waals surface area contributed by atoms with E-state index >= 15 is 0 Å². The Balaban J connectivity index is 2.53. The van der Waals surface area contributed by atoms with E-state index in [-0.39, 0.29) is 11.5 Å². The molecule has 0 amide bonds. The van der Waals surface area contributed by atoms with E-state index in [1.54, 1.807) is 4.90 Å². The van der Waals surface area contributed by atoms with Crippen LogP contribution in [0.2, 0.25) is 0 Å². The number of nitrogen functional groups attached to an aromatic ring is 1. The first-order chi connectivity index (χ1) is 7.50. The minimum atomic E-state index is -0.536. The summed E-state index contributed by atoms with van der Waals surface area (Å²) in [6, 6.07) is 0. The fourth-order valence-electron chi connectivity index (χ4n) is 1.88. The Morgan fingerprint density at radius 2 is 2.19 bits per heavy atom. The smallest absolute Gasteiger partial charge is 0.329 e. The standard InChI is InChI=1S/C9H14N4O3/c1-12-7(10)6(8(15)11-9(12)16)13-3-2-5(14)4-13/h5,14H,2-4,10H2,1H3,(H,11,15,16). The number of nitrogens with one attached hydrogen (secondary N) is 1. The number of nitrogens with zero attached hydrogens (tertiary/aromatic N) is 2. The Bertz CT molecular complexity index is 518. The molecule has 0 radical (unpaired) electrons. The van der Waals surface area contributed by atoms with Gasteiger partial charge in [-0.15, -0.1) is 0 Å². The molecule has 1 aliphatic rings. The first-order valence-corrected chi connectivity index (χ1v) is 5.02. The summed E-state index contributed by atoms with van der Waals surface area (Å²) in [5.74, 6) is 0.128. The van der Waals surface area contributed by atoms with Crippen molar-refractivity contribution in [2.24, 2.45) is 7.05 Å². The van der Waals surface area contributed by atoms with E-state index in [4.69, 9.17) is 5.73 Å². The zero-order chi connectivity index (χ0) is 11.9. The molecule has 1 unspecified atom stereocenters. The zero-order valence-corrected chi connectivity index (χ0v) is 8.93. The van der Waals surface area contributed by atoms with Crippen LogP contribution >= 0.6 is 0 Å². The summed E-state index contributed by atoms with van der Waals surface area (Å²) in [7, 11) is 1.49. The maximum Gasteiger partial charge on any atom is 0.329 e. The van der Waals surface area contributed by atoms with Gasteiger partial charge in [0.1, 0.15) is 11.5 Å². The van der Waals surface area contributed by atoms with Gasteiger partial charge < -0.3 is 15.7 Å². The second-order valence-electron chi connectivity index (χ2n) is 3.94. The van der Waals surface area contributed by atoms with E-state index in [9.17, 15) is 14.7 Å². The molecule has 0 aromatic carbocycles. The van der Waals surface area contributed by atoms with Crippen LogP contribution in [0.4, 0.5) is 11.5 Å². The molecule has 0 aliphatic carbocycles. The van der Waals surface area contributed by atoms with Crippen molar-refractivity contribution in [2.45, 2.75) is 12.5 Å². The van der Waals surface area contributed by atoms with E-state index in [1.165, 1.54) is 11.6 Å². The second-order valence-corrected chi connectivity index (χ2v) is 3.94. The highest BCUT2D eigenvalue weighted by Gasteiger charge is 2.25. The van der Waals surface area contributed by atoms with Crippen molar-refractivity contribution < 1.29 is 5.11 Å². The molecule has 0 spiro atoms. The molecule has 1 aromatic rings. The summed E-state index contributed by atoms with van der Waals surface area (Å²) < 4.78 is 1.18. The Hall–Kier alpha value is -1.76. The normalized spacial score (nSPS) is 20.4. The van der Waals surface area contributed by atoms with Crippen LogP contribution in [0.5, 0.6) is 0 Å². The predicted octanol–water partition coefficient (Wildman–Crippen LogP) is -1.77. The van der Waals surface area contributed by atoms with Crippen LogP contribution in [0.15, 0.2) is 9.59 Å². The van der Waals surface area contributed by atoms with Gasteiger partial charge in [0, 0.05) is 20.1 Å². The van der Waals surface area contributed by atoms with Crippen LogP contribution in [-0.4, -0.2) is 33.9 Å². The fraction of sp³-hybridized carbons (Fsp3) is 0.556. The number of H-pyrrole nitrogens is 1. The van der Waals surface area contributed by atoms with Crippen molar-refractivity contribution in [3.63, 3.8) is 0 Å². The van der Waals surface area contributed by atoms with E-state index in [2.05, 4.69) is 4.98 Å². The summed E-state index contributed by atoms with van der Waals surface area (Å²) in [6.45, 7) is 0.929. The summed E-state index contributed by atoms with van der Waals surface area (Å²) in [6.07, 6.45) is 0.151. The number of rotatable bonds is 1. The van der Waals surface area contributed by atoms with E-state index in [0.29, 0.717) is 19.5 Å². The molecule has 1 saturated heterocycles. The fourth-order valence-corrected chi connectivity index (χ4v) is 1.88. The maximum atomic E-state index is 11.6. The van der Waals surface area contributed by atoms with Gasteiger partial charge >= 0.3 is 5.69 Å².